The minimum atomic E-state index is -0.824. The molecule has 3 heteroatoms. The summed E-state index contributed by atoms with van der Waals surface area (Å²) in [7, 11) is 0. The maximum absolute atomic E-state index is 10.7. The third-order valence-electron chi connectivity index (χ3n) is 2.88. The fraction of sp³-hybridized carbons (Fsp3) is 0.133. The third-order valence-corrected chi connectivity index (χ3v) is 2.88. The van der Waals surface area contributed by atoms with Crippen molar-refractivity contribution in [1.82, 2.24) is 0 Å². The molecule has 0 saturated carbocycles. The smallest absolute Gasteiger partial charge is 0.307 e. The molecule has 3 nitrogen and oxygen atoms in total. The molecule has 0 amide bonds. The largest absolute Gasteiger partial charge is 0.508 e. The van der Waals surface area contributed by atoms with Crippen molar-refractivity contribution in [3.63, 3.8) is 0 Å². The van der Waals surface area contributed by atoms with Gasteiger partial charge in [-0.1, -0.05) is 30.3 Å². The maximum atomic E-state index is 10.7. The monoisotopic (exact) mass is 242 g/mol. The first kappa shape index (κ1) is 12.2. The fourth-order valence-corrected chi connectivity index (χ4v) is 1.89. The Labute approximate surface area is 105 Å². The number of carboxylic acid groups (broad SMARTS) is 1. The van der Waals surface area contributed by atoms with Crippen LogP contribution in [0.4, 0.5) is 0 Å². The molecule has 0 radical (unpaired) electrons. The van der Waals surface area contributed by atoms with E-state index in [4.69, 9.17) is 5.11 Å². The van der Waals surface area contributed by atoms with Crippen LogP contribution < -0.4 is 0 Å². The molecule has 0 fully saturated rings. The van der Waals surface area contributed by atoms with Crippen molar-refractivity contribution in [2.75, 3.05) is 0 Å². The van der Waals surface area contributed by atoms with Gasteiger partial charge in [0, 0.05) is 0 Å². The highest BCUT2D eigenvalue weighted by Crippen LogP contribution is 2.24. The second-order valence-corrected chi connectivity index (χ2v) is 4.26. The second-order valence-electron chi connectivity index (χ2n) is 4.26. The number of aromatic hydroxyl groups is 1. The van der Waals surface area contributed by atoms with Gasteiger partial charge in [0.2, 0.25) is 0 Å². The molecule has 2 rings (SSSR count). The van der Waals surface area contributed by atoms with Gasteiger partial charge in [-0.2, -0.15) is 0 Å². The Bertz CT molecular complexity index is 571. The highest BCUT2D eigenvalue weighted by molar-refractivity contribution is 5.72. The summed E-state index contributed by atoms with van der Waals surface area (Å²) in [5.41, 5.74) is 3.80. The van der Waals surface area contributed by atoms with E-state index in [0.717, 1.165) is 22.3 Å². The van der Waals surface area contributed by atoms with E-state index in [-0.39, 0.29) is 12.2 Å². The molecule has 0 bridgehead atoms. The van der Waals surface area contributed by atoms with Gasteiger partial charge >= 0.3 is 5.97 Å². The van der Waals surface area contributed by atoms with Gasteiger partial charge < -0.3 is 10.2 Å². The van der Waals surface area contributed by atoms with Gasteiger partial charge in [-0.15, -0.1) is 0 Å². The Morgan fingerprint density at radius 3 is 2.22 bits per heavy atom. The standard InChI is InChI=1S/C15H14O3/c1-10-8-13(3-2-12(10)9-15(17)18)11-4-6-14(16)7-5-11/h2-8,16H,9H2,1H3,(H,17,18). The Kier molecular flexibility index (Phi) is 3.33. The topological polar surface area (TPSA) is 57.5 Å². The van der Waals surface area contributed by atoms with Gasteiger partial charge in [-0.3, -0.25) is 4.79 Å². The first-order chi connectivity index (χ1) is 8.56. The summed E-state index contributed by atoms with van der Waals surface area (Å²) >= 11 is 0. The molecule has 2 aromatic carbocycles. The number of phenols is 1. The van der Waals surface area contributed by atoms with Gasteiger partial charge in [0.1, 0.15) is 5.75 Å². The molecule has 0 spiro atoms. The van der Waals surface area contributed by atoms with E-state index in [1.165, 1.54) is 0 Å². The van der Waals surface area contributed by atoms with Gasteiger partial charge in [0.15, 0.2) is 0 Å². The number of rotatable bonds is 3. The summed E-state index contributed by atoms with van der Waals surface area (Å²) in [4.78, 5) is 10.7. The molecule has 0 saturated heterocycles. The van der Waals surface area contributed by atoms with Crippen molar-refractivity contribution in [2.45, 2.75) is 13.3 Å². The molecule has 0 aliphatic heterocycles. The lowest BCUT2D eigenvalue weighted by Gasteiger charge is -2.07. The van der Waals surface area contributed by atoms with E-state index >= 15 is 0 Å². The minimum absolute atomic E-state index is 0.0433. The zero-order valence-corrected chi connectivity index (χ0v) is 10.1. The van der Waals surface area contributed by atoms with Crippen molar-refractivity contribution in [2.24, 2.45) is 0 Å². The van der Waals surface area contributed by atoms with Gasteiger partial charge in [-0.25, -0.2) is 0 Å². The molecule has 0 atom stereocenters. The molecule has 0 unspecified atom stereocenters. The average molecular weight is 242 g/mol. The first-order valence-electron chi connectivity index (χ1n) is 5.67. The Morgan fingerprint density at radius 1 is 1.06 bits per heavy atom. The van der Waals surface area contributed by atoms with E-state index < -0.39 is 5.97 Å². The number of carbonyl (C=O) groups is 1. The van der Waals surface area contributed by atoms with E-state index in [9.17, 15) is 9.90 Å². The van der Waals surface area contributed by atoms with Crippen LogP contribution >= 0.6 is 0 Å². The Morgan fingerprint density at radius 2 is 1.67 bits per heavy atom. The van der Waals surface area contributed by atoms with Crippen LogP contribution in [-0.2, 0) is 11.2 Å². The first-order valence-corrected chi connectivity index (χ1v) is 5.67. The number of benzene rings is 2. The number of aryl methyl sites for hydroxylation is 1. The molecule has 2 N–H and O–H groups in total. The second kappa shape index (κ2) is 4.92. The predicted molar refractivity (Wildman–Crippen MR) is 69.6 cm³/mol. The van der Waals surface area contributed by atoms with Gasteiger partial charge in [-0.05, 0) is 41.3 Å². The number of hydrogen-bond acceptors (Lipinski definition) is 2. The Balaban J connectivity index is 2.33. The maximum Gasteiger partial charge on any atom is 0.307 e. The van der Waals surface area contributed by atoms with Crippen molar-refractivity contribution in [1.29, 1.82) is 0 Å². The fourth-order valence-electron chi connectivity index (χ4n) is 1.89. The number of carboxylic acids is 1. The van der Waals surface area contributed by atoms with E-state index in [2.05, 4.69) is 0 Å². The van der Waals surface area contributed by atoms with Crippen LogP contribution in [0.15, 0.2) is 42.5 Å². The summed E-state index contributed by atoms with van der Waals surface area (Å²) in [6.45, 7) is 1.90. The third kappa shape index (κ3) is 2.69. The molecule has 18 heavy (non-hydrogen) atoms. The quantitative estimate of drug-likeness (QED) is 0.869. The van der Waals surface area contributed by atoms with Crippen LogP contribution in [-0.4, -0.2) is 16.2 Å². The predicted octanol–water partition coefficient (Wildman–Crippen LogP) is 2.99. The SMILES string of the molecule is Cc1cc(-c2ccc(O)cc2)ccc1CC(=O)O. The summed E-state index contributed by atoms with van der Waals surface area (Å²) in [6, 6.07) is 12.6. The van der Waals surface area contributed by atoms with Crippen LogP contribution in [0.25, 0.3) is 11.1 Å². The summed E-state index contributed by atoms with van der Waals surface area (Å²) < 4.78 is 0. The number of hydrogen-bond donors (Lipinski definition) is 2. The molecule has 0 heterocycles. The summed E-state index contributed by atoms with van der Waals surface area (Å²) in [6.07, 6.45) is 0.0433. The molecule has 0 aliphatic carbocycles. The van der Waals surface area contributed by atoms with Crippen LogP contribution in [0.2, 0.25) is 0 Å². The zero-order chi connectivity index (χ0) is 13.1. The zero-order valence-electron chi connectivity index (χ0n) is 10.1. The van der Waals surface area contributed by atoms with Crippen molar-refractivity contribution in [3.8, 4) is 16.9 Å². The summed E-state index contributed by atoms with van der Waals surface area (Å²) in [5, 5.41) is 18.0. The van der Waals surface area contributed by atoms with E-state index in [0.29, 0.717) is 0 Å². The number of phenolic OH excluding ortho intramolecular Hbond substituents is 1. The number of aliphatic carboxylic acids is 1. The normalized spacial score (nSPS) is 10.3. The molecule has 2 aromatic rings. The summed E-state index contributed by atoms with van der Waals surface area (Å²) in [5.74, 6) is -0.589. The lowest BCUT2D eigenvalue weighted by atomic mass is 9.98. The Hall–Kier alpha value is -2.29. The van der Waals surface area contributed by atoms with E-state index in [1.807, 2.05) is 37.3 Å². The molecular formula is C15H14O3. The lowest BCUT2D eigenvalue weighted by Crippen LogP contribution is -2.01. The van der Waals surface area contributed by atoms with Crippen LogP contribution in [0.1, 0.15) is 11.1 Å². The molecule has 0 aliphatic rings. The van der Waals surface area contributed by atoms with Crippen molar-refractivity contribution in [3.05, 3.63) is 53.6 Å². The van der Waals surface area contributed by atoms with Crippen LogP contribution in [0.3, 0.4) is 0 Å². The van der Waals surface area contributed by atoms with Crippen molar-refractivity contribution < 1.29 is 15.0 Å². The average Bonchev–Trinajstić information content (AvgIpc) is 2.32. The van der Waals surface area contributed by atoms with Crippen LogP contribution in [0, 0.1) is 6.92 Å². The van der Waals surface area contributed by atoms with Gasteiger partial charge in [0.05, 0.1) is 6.42 Å². The van der Waals surface area contributed by atoms with Crippen LogP contribution in [0.5, 0.6) is 5.75 Å². The molecule has 0 aromatic heterocycles. The lowest BCUT2D eigenvalue weighted by molar-refractivity contribution is -0.136. The minimum Gasteiger partial charge on any atom is -0.508 e. The highest BCUT2D eigenvalue weighted by atomic mass is 16.4. The highest BCUT2D eigenvalue weighted by Gasteiger charge is 2.05. The molecular weight excluding hydrogens is 228 g/mol. The van der Waals surface area contributed by atoms with Crippen molar-refractivity contribution >= 4 is 5.97 Å². The van der Waals surface area contributed by atoms with Gasteiger partial charge in [0.25, 0.3) is 0 Å². The molecule has 92 valence electrons. The van der Waals surface area contributed by atoms with E-state index in [1.54, 1.807) is 12.1 Å².